The van der Waals surface area contributed by atoms with Crippen molar-refractivity contribution in [3.05, 3.63) is 116 Å². The molecular weight excluding hydrogens is 640 g/mol. The molecule has 1 aliphatic carbocycles. The Labute approximate surface area is 309 Å². The number of alkyl halides is 3. The van der Waals surface area contributed by atoms with Crippen molar-refractivity contribution in [1.82, 2.24) is 19.4 Å². The largest absolute Gasteiger partial charge is 0.416 e. The minimum Gasteiger partial charge on any atom is -0.336 e. The van der Waals surface area contributed by atoms with Gasteiger partial charge in [0.25, 0.3) is 5.56 Å². The third-order valence-electron chi connectivity index (χ3n) is 7.08. The highest BCUT2D eigenvalue weighted by atomic mass is 32.2. The van der Waals surface area contributed by atoms with Crippen LogP contribution in [0.15, 0.2) is 76.4 Å². The molecule has 0 N–H and O–H groups in total. The van der Waals surface area contributed by atoms with Gasteiger partial charge in [-0.25, -0.2) is 4.39 Å². The summed E-state index contributed by atoms with van der Waals surface area (Å²) in [4.78, 5) is 33.3. The maximum absolute atomic E-state index is 15.1. The van der Waals surface area contributed by atoms with Crippen molar-refractivity contribution in [1.29, 1.82) is 0 Å². The quantitative estimate of drug-likeness (QED) is 0.0821. The molecule has 5 rings (SSSR count). The van der Waals surface area contributed by atoms with Crippen molar-refractivity contribution in [3.63, 3.8) is 0 Å². The van der Waals surface area contributed by atoms with E-state index in [4.69, 9.17) is 20.6 Å². The van der Waals surface area contributed by atoms with Crippen LogP contribution in [0.3, 0.4) is 0 Å². The molecule has 6 nitrogen and oxygen atoms in total. The monoisotopic (exact) mass is 699 g/mol. The first-order valence-corrected chi connectivity index (χ1v) is 15.4. The molecule has 0 saturated carbocycles. The number of rotatable bonds is 13. The van der Waals surface area contributed by atoms with Crippen molar-refractivity contribution >= 4 is 17.7 Å². The number of benzene rings is 3. The molecule has 0 unspecified atom stereocenters. The maximum atomic E-state index is 15.1. The van der Waals surface area contributed by atoms with E-state index >= 15 is 4.79 Å². The molecule has 11 heteroatoms. The number of hydrogen-bond acceptors (Lipinski definition) is 5. The molecule has 254 valence electrons. The summed E-state index contributed by atoms with van der Waals surface area (Å²) in [6.45, 7) is -8.50. The summed E-state index contributed by atoms with van der Waals surface area (Å²) in [7, 11) is 0. The average molecular weight is 700 g/mol. The van der Waals surface area contributed by atoms with E-state index in [0.29, 0.717) is 4.57 Å². The van der Waals surface area contributed by atoms with E-state index in [9.17, 15) is 27.8 Å². The highest BCUT2D eigenvalue weighted by Crippen LogP contribution is 2.32. The molecule has 3 aromatic carbocycles. The summed E-state index contributed by atoms with van der Waals surface area (Å²) in [5.74, 6) is -3.60. The molecule has 4 aromatic rings. The van der Waals surface area contributed by atoms with Crippen molar-refractivity contribution in [2.75, 3.05) is 26.1 Å². The second-order valence-electron chi connectivity index (χ2n) is 10.2. The SMILES string of the molecule is [2H]c1c([2H])c(C([2H])([2H])Sc2nc(=O)c3c(n2C([2H])([2H])C(=O)N(Cc2c([2H])c([2H])c(-c4c([2H])c([2H])c(C(F)(F)F)c([2H])c4[2H])c([2H])c2C)C([2H])([2H])C([2H])([2H])N(CC)CC)CCC3)c([2H])c([2H])c1F. The topological polar surface area (TPSA) is 58.4 Å². The van der Waals surface area contributed by atoms with Crippen molar-refractivity contribution in [3.8, 4) is 11.1 Å². The molecule has 0 aliphatic heterocycles. The average Bonchev–Trinajstić information content (AvgIpc) is 3.71. The van der Waals surface area contributed by atoms with Gasteiger partial charge in [0.1, 0.15) is 12.3 Å². The van der Waals surface area contributed by atoms with Crippen molar-refractivity contribution in [2.24, 2.45) is 0 Å². The molecule has 48 heavy (non-hydrogen) atoms. The van der Waals surface area contributed by atoms with Crippen LogP contribution >= 0.6 is 11.8 Å². The zero-order valence-corrected chi connectivity index (χ0v) is 26.6. The van der Waals surface area contributed by atoms with Gasteiger partial charge in [-0.15, -0.1) is 0 Å². The molecule has 0 bridgehead atoms. The van der Waals surface area contributed by atoms with Crippen LogP contribution in [0.1, 0.15) is 79.8 Å². The van der Waals surface area contributed by atoms with Crippen LogP contribution in [0.2, 0.25) is 0 Å². The van der Waals surface area contributed by atoms with Gasteiger partial charge in [0, 0.05) is 42.0 Å². The number of carbonyl (C=O) groups is 1. The lowest BCUT2D eigenvalue weighted by Gasteiger charge is -2.28. The number of nitrogens with zero attached hydrogens (tertiary/aromatic N) is 4. The molecule has 0 atom stereocenters. The van der Waals surface area contributed by atoms with Gasteiger partial charge in [-0.3, -0.25) is 9.59 Å². The van der Waals surface area contributed by atoms with Crippen molar-refractivity contribution in [2.45, 2.75) is 70.1 Å². The molecule has 1 aliphatic rings. The van der Waals surface area contributed by atoms with Crippen LogP contribution in [0.25, 0.3) is 11.1 Å². The minimum atomic E-state index is -5.36. The van der Waals surface area contributed by atoms with Gasteiger partial charge >= 0.3 is 6.18 Å². The fourth-order valence-corrected chi connectivity index (χ4v) is 5.20. The predicted molar refractivity (Wildman–Crippen MR) is 181 cm³/mol. The van der Waals surface area contributed by atoms with Crippen LogP contribution in [-0.4, -0.2) is 51.3 Å². The summed E-state index contributed by atoms with van der Waals surface area (Å²) in [6, 6.07) is -13.8. The smallest absolute Gasteiger partial charge is 0.336 e. The third kappa shape index (κ3) is 8.54. The van der Waals surface area contributed by atoms with Gasteiger partial charge in [0.05, 0.1) is 26.1 Å². The number of aromatic nitrogens is 2. The Morgan fingerprint density at radius 3 is 2.35 bits per heavy atom. The van der Waals surface area contributed by atoms with Gasteiger partial charge in [-0.1, -0.05) is 67.9 Å². The summed E-state index contributed by atoms with van der Waals surface area (Å²) < 4.78 is 221. The number of amides is 1. The molecule has 1 heterocycles. The lowest BCUT2D eigenvalue weighted by Crippen LogP contribution is -2.40. The van der Waals surface area contributed by atoms with E-state index in [2.05, 4.69) is 4.98 Å². The fourth-order valence-electron chi connectivity index (χ4n) is 4.53. The Bertz CT molecular complexity index is 2680. The van der Waals surface area contributed by atoms with Gasteiger partial charge in [0.15, 0.2) is 5.16 Å². The van der Waals surface area contributed by atoms with Gasteiger partial charge < -0.3 is 14.4 Å². The number of thioether (sulfide) groups is 1. The lowest BCUT2D eigenvalue weighted by atomic mass is 9.98. The molecular formula is C37H40F4N4O2S. The minimum absolute atomic E-state index is 0.00306. The van der Waals surface area contributed by atoms with Crippen molar-refractivity contribution < 1.29 is 48.4 Å². The third-order valence-corrected chi connectivity index (χ3v) is 7.84. The van der Waals surface area contributed by atoms with Crippen LogP contribution < -0.4 is 5.56 Å². The number of hydrogen-bond donors (Lipinski definition) is 0. The second kappa shape index (κ2) is 15.5. The van der Waals surface area contributed by atoms with E-state index in [1.165, 1.54) is 13.8 Å². The first-order valence-electron chi connectivity index (χ1n) is 24.0. The highest BCUT2D eigenvalue weighted by molar-refractivity contribution is 7.98. The summed E-state index contributed by atoms with van der Waals surface area (Å²) in [5, 5.41) is -0.970. The van der Waals surface area contributed by atoms with Gasteiger partial charge in [0.2, 0.25) is 5.91 Å². The van der Waals surface area contributed by atoms with Gasteiger partial charge in [-0.2, -0.15) is 18.2 Å². The van der Waals surface area contributed by atoms with Crippen LogP contribution in [0, 0.1) is 12.7 Å². The number of fused-ring (bicyclic) bond motifs is 1. The Balaban J connectivity index is 1.79. The maximum Gasteiger partial charge on any atom is 0.416 e. The van der Waals surface area contributed by atoms with E-state index in [0.717, 1.165) is 11.8 Å². The Morgan fingerprint density at radius 2 is 1.69 bits per heavy atom. The van der Waals surface area contributed by atoms with E-state index < -0.39 is 160 Å². The molecule has 0 radical (unpaired) electrons. The normalized spacial score (nSPS) is 19.7. The van der Waals surface area contributed by atoms with Crippen LogP contribution in [0.4, 0.5) is 17.6 Å². The Hall–Kier alpha value is -3.96. The summed E-state index contributed by atoms with van der Waals surface area (Å²) >= 11 is -0.173. The molecule has 1 amide bonds. The number of likely N-dealkylation sites (N-methyl/N-ethyl adjacent to an activating group) is 1. The first kappa shape index (κ1) is 18.2. The van der Waals surface area contributed by atoms with E-state index in [1.54, 1.807) is 0 Å². The lowest BCUT2D eigenvalue weighted by molar-refractivity contribution is -0.137. The van der Waals surface area contributed by atoms with Gasteiger partial charge in [-0.05, 0) is 91.3 Å². The zero-order chi connectivity index (χ0) is 51.2. The molecule has 0 fully saturated rings. The standard InChI is InChI=1S/C37H40F4N4O2S/c1-4-43(5-2)19-20-44(22-29-12-11-28(21-25(29)3)27-13-15-30(16-14-27)37(39,40)41)34(46)23-45-33-8-6-7-32(33)35(47)42-36(45)48-24-26-9-17-31(38)18-10-26/h9-18,21H,4-8,19-20,22-24H2,1-3H3/i9D,10D,11D,12D,13D,14D,15D,16D,17D,18D,19D2,20D2,21D,23D2,24D2. The number of halogens is 4. The van der Waals surface area contributed by atoms with E-state index in [1.807, 2.05) is 0 Å². The van der Waals surface area contributed by atoms with Crippen LogP contribution in [0.5, 0.6) is 0 Å². The van der Waals surface area contributed by atoms with Crippen LogP contribution in [-0.2, 0) is 42.6 Å². The zero-order valence-electron chi connectivity index (χ0n) is 44.8. The Kier molecular flexibility index (Phi) is 5.86. The molecule has 0 spiro atoms. The fraction of sp³-hybridized carbons (Fsp3) is 0.378. The molecule has 0 saturated heterocycles. The number of carbonyl (C=O) groups excluding carboxylic acids is 1. The van der Waals surface area contributed by atoms with E-state index in [-0.39, 0.29) is 60.3 Å². The summed E-state index contributed by atoms with van der Waals surface area (Å²) in [6.07, 6.45) is -5.43. The predicted octanol–water partition coefficient (Wildman–Crippen LogP) is 7.53. The highest BCUT2D eigenvalue weighted by Gasteiger charge is 2.30. The Morgan fingerprint density at radius 1 is 1.00 bits per heavy atom. The molecule has 1 aromatic heterocycles. The summed E-state index contributed by atoms with van der Waals surface area (Å²) in [5.41, 5.74) is -10.6. The first-order chi connectivity index (χ1) is 30.6. The second-order valence-corrected chi connectivity index (χ2v) is 11.0.